The molecule has 0 aromatic heterocycles. The summed E-state index contributed by atoms with van der Waals surface area (Å²) in [5, 5.41) is 0. The minimum absolute atomic E-state index is 0.429. The van der Waals surface area contributed by atoms with Gasteiger partial charge in [-0.15, -0.1) is 6.58 Å². The molecular weight excluding hydrogens is 156 g/mol. The molecule has 1 aliphatic carbocycles. The van der Waals surface area contributed by atoms with Gasteiger partial charge in [0.2, 0.25) is 0 Å². The molecule has 0 spiro atoms. The molecule has 0 aliphatic heterocycles. The molecule has 0 bridgehead atoms. The summed E-state index contributed by atoms with van der Waals surface area (Å²) in [5.41, 5.74) is 0.954. The second-order valence-corrected chi connectivity index (χ2v) is 5.51. The molecule has 0 radical (unpaired) electrons. The Labute approximate surface area is 83.4 Å². The highest BCUT2D eigenvalue weighted by atomic mass is 14.6. The van der Waals surface area contributed by atoms with E-state index in [-0.39, 0.29) is 0 Å². The van der Waals surface area contributed by atoms with E-state index in [4.69, 9.17) is 0 Å². The van der Waals surface area contributed by atoms with E-state index in [1.165, 1.54) is 12.8 Å². The minimum Gasteiger partial charge on any atom is -0.103 e. The van der Waals surface area contributed by atoms with Gasteiger partial charge in [-0.3, -0.25) is 0 Å². The SMILES string of the molecule is C=CC1(C(C)CC)CC(C)(C)C1C. The van der Waals surface area contributed by atoms with E-state index in [9.17, 15) is 0 Å². The second-order valence-electron chi connectivity index (χ2n) is 5.51. The Morgan fingerprint density at radius 1 is 1.54 bits per heavy atom. The fourth-order valence-electron chi connectivity index (χ4n) is 3.12. The van der Waals surface area contributed by atoms with Crippen molar-refractivity contribution in [3.63, 3.8) is 0 Å². The highest BCUT2D eigenvalue weighted by molar-refractivity contribution is 5.14. The lowest BCUT2D eigenvalue weighted by Crippen LogP contribution is -2.54. The molecule has 0 amide bonds. The maximum absolute atomic E-state index is 4.04. The Hall–Kier alpha value is -0.260. The highest BCUT2D eigenvalue weighted by Crippen LogP contribution is 2.63. The van der Waals surface area contributed by atoms with Crippen LogP contribution in [-0.4, -0.2) is 0 Å². The smallest absolute Gasteiger partial charge is 0.00595 e. The van der Waals surface area contributed by atoms with Gasteiger partial charge in [0.1, 0.15) is 0 Å². The van der Waals surface area contributed by atoms with Crippen LogP contribution < -0.4 is 0 Å². The van der Waals surface area contributed by atoms with Gasteiger partial charge < -0.3 is 0 Å². The van der Waals surface area contributed by atoms with Crippen molar-refractivity contribution in [3.05, 3.63) is 12.7 Å². The first kappa shape index (κ1) is 10.8. The maximum atomic E-state index is 4.04. The van der Waals surface area contributed by atoms with Crippen molar-refractivity contribution in [2.75, 3.05) is 0 Å². The van der Waals surface area contributed by atoms with Crippen LogP contribution >= 0.6 is 0 Å². The van der Waals surface area contributed by atoms with E-state index in [0.29, 0.717) is 10.8 Å². The molecule has 1 saturated carbocycles. The van der Waals surface area contributed by atoms with Gasteiger partial charge in [0.15, 0.2) is 0 Å². The summed E-state index contributed by atoms with van der Waals surface area (Å²) in [4.78, 5) is 0. The summed E-state index contributed by atoms with van der Waals surface area (Å²) in [6, 6.07) is 0. The number of hydrogen-bond donors (Lipinski definition) is 0. The summed E-state index contributed by atoms with van der Waals surface area (Å²) in [6.07, 6.45) is 4.81. The van der Waals surface area contributed by atoms with Crippen molar-refractivity contribution >= 4 is 0 Å². The summed E-state index contributed by atoms with van der Waals surface area (Å²) >= 11 is 0. The molecular formula is C13H24. The summed E-state index contributed by atoms with van der Waals surface area (Å²) < 4.78 is 0. The van der Waals surface area contributed by atoms with Crippen LogP contribution in [0.5, 0.6) is 0 Å². The first-order valence-corrected chi connectivity index (χ1v) is 5.54. The maximum Gasteiger partial charge on any atom is -0.00595 e. The van der Waals surface area contributed by atoms with Crippen LogP contribution in [0, 0.1) is 22.7 Å². The van der Waals surface area contributed by atoms with Crippen molar-refractivity contribution in [1.82, 2.24) is 0 Å². The van der Waals surface area contributed by atoms with Crippen molar-refractivity contribution in [3.8, 4) is 0 Å². The molecule has 0 heterocycles. The van der Waals surface area contributed by atoms with Crippen LogP contribution in [-0.2, 0) is 0 Å². The van der Waals surface area contributed by atoms with Crippen molar-refractivity contribution in [2.24, 2.45) is 22.7 Å². The molecule has 1 aliphatic rings. The van der Waals surface area contributed by atoms with Crippen LogP contribution in [0.3, 0.4) is 0 Å². The van der Waals surface area contributed by atoms with Gasteiger partial charge in [-0.05, 0) is 29.1 Å². The van der Waals surface area contributed by atoms with Crippen LogP contribution in [0.25, 0.3) is 0 Å². The van der Waals surface area contributed by atoms with E-state index < -0.39 is 0 Å². The van der Waals surface area contributed by atoms with E-state index >= 15 is 0 Å². The molecule has 0 saturated heterocycles. The third-order valence-electron chi connectivity index (χ3n) is 4.65. The molecule has 0 N–H and O–H groups in total. The van der Waals surface area contributed by atoms with Crippen molar-refractivity contribution in [1.29, 1.82) is 0 Å². The molecule has 0 aromatic rings. The molecule has 0 nitrogen and oxygen atoms in total. The van der Waals surface area contributed by atoms with Gasteiger partial charge in [0, 0.05) is 0 Å². The van der Waals surface area contributed by atoms with E-state index in [1.54, 1.807) is 0 Å². The molecule has 3 unspecified atom stereocenters. The predicted octanol–water partition coefficient (Wildman–Crippen LogP) is 4.27. The fraction of sp³-hybridized carbons (Fsp3) is 0.846. The lowest BCUT2D eigenvalue weighted by atomic mass is 9.43. The Balaban J connectivity index is 2.83. The summed E-state index contributed by atoms with van der Waals surface area (Å²) in [7, 11) is 0. The zero-order chi connectivity index (χ0) is 10.3. The molecule has 3 atom stereocenters. The molecule has 0 aromatic carbocycles. The Morgan fingerprint density at radius 2 is 2.08 bits per heavy atom. The van der Waals surface area contributed by atoms with Crippen molar-refractivity contribution < 1.29 is 0 Å². The summed E-state index contributed by atoms with van der Waals surface area (Å²) in [6.45, 7) is 15.8. The van der Waals surface area contributed by atoms with E-state index in [2.05, 4.69) is 47.3 Å². The zero-order valence-corrected chi connectivity index (χ0v) is 9.85. The average molecular weight is 180 g/mol. The third-order valence-corrected chi connectivity index (χ3v) is 4.65. The second kappa shape index (κ2) is 3.15. The number of hydrogen-bond acceptors (Lipinski definition) is 0. The van der Waals surface area contributed by atoms with Gasteiger partial charge in [0.05, 0.1) is 0 Å². The number of allylic oxidation sites excluding steroid dienone is 1. The van der Waals surface area contributed by atoms with Gasteiger partial charge in [0.25, 0.3) is 0 Å². The zero-order valence-electron chi connectivity index (χ0n) is 9.85. The highest BCUT2D eigenvalue weighted by Gasteiger charge is 2.55. The molecule has 13 heavy (non-hydrogen) atoms. The van der Waals surface area contributed by atoms with Gasteiger partial charge >= 0.3 is 0 Å². The lowest BCUT2D eigenvalue weighted by molar-refractivity contribution is -0.0940. The topological polar surface area (TPSA) is 0 Å². The average Bonchev–Trinajstić information content (AvgIpc) is 2.12. The fourth-order valence-corrected chi connectivity index (χ4v) is 3.12. The first-order valence-electron chi connectivity index (χ1n) is 5.54. The third kappa shape index (κ3) is 1.35. The van der Waals surface area contributed by atoms with Gasteiger partial charge in [-0.2, -0.15) is 0 Å². The van der Waals surface area contributed by atoms with Gasteiger partial charge in [-0.1, -0.05) is 47.1 Å². The van der Waals surface area contributed by atoms with Crippen molar-refractivity contribution in [2.45, 2.75) is 47.5 Å². The number of rotatable bonds is 3. The largest absolute Gasteiger partial charge is 0.103 e. The van der Waals surface area contributed by atoms with E-state index in [0.717, 1.165) is 11.8 Å². The predicted molar refractivity (Wildman–Crippen MR) is 59.6 cm³/mol. The molecule has 76 valence electrons. The summed E-state index contributed by atoms with van der Waals surface area (Å²) in [5.74, 6) is 1.57. The monoisotopic (exact) mass is 180 g/mol. The lowest BCUT2D eigenvalue weighted by Gasteiger charge is -2.61. The van der Waals surface area contributed by atoms with Crippen LogP contribution in [0.2, 0.25) is 0 Å². The van der Waals surface area contributed by atoms with Crippen LogP contribution in [0.15, 0.2) is 12.7 Å². The molecule has 0 heteroatoms. The minimum atomic E-state index is 0.429. The molecule has 1 fully saturated rings. The van der Waals surface area contributed by atoms with Gasteiger partial charge in [-0.25, -0.2) is 0 Å². The van der Waals surface area contributed by atoms with E-state index in [1.807, 2.05) is 0 Å². The molecule has 1 rings (SSSR count). The van der Waals surface area contributed by atoms with Crippen LogP contribution in [0.4, 0.5) is 0 Å². The Bertz CT molecular complexity index is 202. The van der Waals surface area contributed by atoms with Crippen LogP contribution in [0.1, 0.15) is 47.5 Å². The quantitative estimate of drug-likeness (QED) is 0.569. The first-order chi connectivity index (χ1) is 5.90. The Kier molecular flexibility index (Phi) is 2.62. The Morgan fingerprint density at radius 3 is 2.31 bits per heavy atom. The normalized spacial score (nSPS) is 39.3. The standard InChI is InChI=1S/C13H24/c1-7-10(3)13(8-2)9-12(5,6)11(13)4/h8,10-11H,2,7,9H2,1,3-6H3.